The van der Waals surface area contributed by atoms with Crippen molar-refractivity contribution >= 4 is 11.8 Å². The molecule has 2 aromatic heterocycles. The van der Waals surface area contributed by atoms with Gasteiger partial charge in [-0.05, 0) is 37.3 Å². The summed E-state index contributed by atoms with van der Waals surface area (Å²) in [5, 5.41) is 7.57. The van der Waals surface area contributed by atoms with Crippen LogP contribution in [0, 0.1) is 0 Å². The lowest BCUT2D eigenvalue weighted by molar-refractivity contribution is -0.148. The maximum absolute atomic E-state index is 11.8. The van der Waals surface area contributed by atoms with E-state index in [2.05, 4.69) is 10.2 Å². The summed E-state index contributed by atoms with van der Waals surface area (Å²) < 4.78 is 26.0. The van der Waals surface area contributed by atoms with Crippen LogP contribution in [0.3, 0.4) is 0 Å². The van der Waals surface area contributed by atoms with Crippen molar-refractivity contribution in [1.29, 1.82) is 0 Å². The zero-order valence-corrected chi connectivity index (χ0v) is 14.6. The van der Waals surface area contributed by atoms with Gasteiger partial charge in [0.25, 0.3) is 11.8 Å². The van der Waals surface area contributed by atoms with Gasteiger partial charge in [0, 0.05) is 5.56 Å². The molecule has 0 bridgehead atoms. The van der Waals surface area contributed by atoms with Crippen LogP contribution in [0.2, 0.25) is 0 Å². The van der Waals surface area contributed by atoms with Gasteiger partial charge in [0.1, 0.15) is 0 Å². The maximum Gasteiger partial charge on any atom is 0.344 e. The van der Waals surface area contributed by atoms with E-state index in [1.807, 2.05) is 0 Å². The third kappa shape index (κ3) is 4.51. The number of hydrogen-bond donors (Lipinski definition) is 0. The van der Waals surface area contributed by atoms with Gasteiger partial charge in [0.05, 0.1) is 13.4 Å². The molecular weight excluding hydrogens is 356 g/mol. The SMILES string of the molecule is COc1cc(C(C)=O)ccc1OCC(=O)OCc1nnc(-c2ccco2)o1. The number of carbonyl (C=O) groups is 2. The first-order valence-electron chi connectivity index (χ1n) is 7.90. The summed E-state index contributed by atoms with van der Waals surface area (Å²) in [5.74, 6) is 0.659. The van der Waals surface area contributed by atoms with E-state index in [1.54, 1.807) is 24.3 Å². The molecule has 0 N–H and O–H groups in total. The molecule has 0 radical (unpaired) electrons. The number of furan rings is 1. The highest BCUT2D eigenvalue weighted by atomic mass is 16.6. The lowest BCUT2D eigenvalue weighted by Crippen LogP contribution is -2.15. The summed E-state index contributed by atoms with van der Waals surface area (Å²) in [4.78, 5) is 23.2. The Hall–Kier alpha value is -3.62. The number of ketones is 1. The van der Waals surface area contributed by atoms with Crippen molar-refractivity contribution < 1.29 is 32.6 Å². The Labute approximate surface area is 153 Å². The molecule has 0 spiro atoms. The van der Waals surface area contributed by atoms with E-state index >= 15 is 0 Å². The van der Waals surface area contributed by atoms with Crippen LogP contribution >= 0.6 is 0 Å². The van der Waals surface area contributed by atoms with Crippen LogP contribution in [0.5, 0.6) is 11.5 Å². The van der Waals surface area contributed by atoms with Gasteiger partial charge in [-0.25, -0.2) is 4.79 Å². The maximum atomic E-state index is 11.8. The van der Waals surface area contributed by atoms with Crippen LogP contribution in [-0.2, 0) is 16.1 Å². The second-order valence-corrected chi connectivity index (χ2v) is 5.35. The number of esters is 1. The number of ether oxygens (including phenoxy) is 3. The normalized spacial score (nSPS) is 10.4. The Bertz CT molecular complexity index is 931. The third-order valence-electron chi connectivity index (χ3n) is 3.47. The molecule has 3 rings (SSSR count). The van der Waals surface area contributed by atoms with Crippen molar-refractivity contribution in [3.05, 3.63) is 48.0 Å². The van der Waals surface area contributed by atoms with Crippen LogP contribution in [-0.4, -0.2) is 35.7 Å². The van der Waals surface area contributed by atoms with Crippen molar-refractivity contribution in [3.8, 4) is 23.1 Å². The summed E-state index contributed by atoms with van der Waals surface area (Å²) in [6.07, 6.45) is 1.48. The number of Topliss-reactive ketones (excluding diaryl/α,β-unsaturated/α-hetero) is 1. The molecule has 0 atom stereocenters. The second kappa shape index (κ2) is 8.17. The highest BCUT2D eigenvalue weighted by Gasteiger charge is 2.14. The molecule has 0 fully saturated rings. The van der Waals surface area contributed by atoms with Crippen molar-refractivity contribution in [3.63, 3.8) is 0 Å². The van der Waals surface area contributed by atoms with Crippen LogP contribution in [0.1, 0.15) is 23.2 Å². The molecule has 0 aliphatic heterocycles. The van der Waals surface area contributed by atoms with Gasteiger partial charge in [-0.1, -0.05) is 0 Å². The van der Waals surface area contributed by atoms with Crippen LogP contribution in [0.15, 0.2) is 45.4 Å². The molecule has 9 nitrogen and oxygen atoms in total. The highest BCUT2D eigenvalue weighted by molar-refractivity contribution is 5.94. The Morgan fingerprint density at radius 1 is 1.15 bits per heavy atom. The Kier molecular flexibility index (Phi) is 5.50. The van der Waals surface area contributed by atoms with Gasteiger partial charge >= 0.3 is 5.97 Å². The Morgan fingerprint density at radius 3 is 2.70 bits per heavy atom. The minimum absolute atomic E-state index is 0.104. The van der Waals surface area contributed by atoms with Crippen molar-refractivity contribution in [2.75, 3.05) is 13.7 Å². The molecule has 0 aliphatic rings. The minimum Gasteiger partial charge on any atom is -0.493 e. The van der Waals surface area contributed by atoms with Gasteiger partial charge in [-0.15, -0.1) is 10.2 Å². The summed E-state index contributed by atoms with van der Waals surface area (Å²) >= 11 is 0. The van der Waals surface area contributed by atoms with E-state index in [9.17, 15) is 9.59 Å². The highest BCUT2D eigenvalue weighted by Crippen LogP contribution is 2.28. The first-order valence-corrected chi connectivity index (χ1v) is 7.90. The van der Waals surface area contributed by atoms with Crippen molar-refractivity contribution in [1.82, 2.24) is 10.2 Å². The van der Waals surface area contributed by atoms with Gasteiger partial charge in [0.2, 0.25) is 0 Å². The summed E-state index contributed by atoms with van der Waals surface area (Å²) in [6, 6.07) is 8.03. The Balaban J connectivity index is 1.52. The summed E-state index contributed by atoms with van der Waals surface area (Å²) in [5.41, 5.74) is 0.477. The van der Waals surface area contributed by atoms with Crippen molar-refractivity contribution in [2.45, 2.75) is 13.5 Å². The summed E-state index contributed by atoms with van der Waals surface area (Å²) in [6.45, 7) is 0.896. The van der Waals surface area contributed by atoms with E-state index in [-0.39, 0.29) is 30.8 Å². The lowest BCUT2D eigenvalue weighted by Gasteiger charge is -2.11. The largest absolute Gasteiger partial charge is 0.493 e. The number of nitrogens with zero attached hydrogens (tertiary/aromatic N) is 2. The Morgan fingerprint density at radius 2 is 2.00 bits per heavy atom. The minimum atomic E-state index is -0.634. The predicted molar refractivity (Wildman–Crippen MR) is 90.3 cm³/mol. The summed E-state index contributed by atoms with van der Waals surface area (Å²) in [7, 11) is 1.44. The standard InChI is InChI=1S/C18H16N2O7/c1-11(21)12-5-6-13(15(8-12)23-2)25-10-17(22)26-9-16-19-20-18(27-16)14-4-3-7-24-14/h3-8H,9-10H2,1-2H3. The number of aromatic nitrogens is 2. The molecule has 27 heavy (non-hydrogen) atoms. The number of hydrogen-bond acceptors (Lipinski definition) is 9. The quantitative estimate of drug-likeness (QED) is 0.435. The molecule has 9 heteroatoms. The molecule has 1 aromatic carbocycles. The predicted octanol–water partition coefficient (Wildman–Crippen LogP) is 2.66. The number of rotatable bonds is 8. The van der Waals surface area contributed by atoms with Gasteiger partial charge in [-0.3, -0.25) is 4.79 Å². The fraction of sp³-hybridized carbons (Fsp3) is 0.222. The zero-order chi connectivity index (χ0) is 19.2. The van der Waals surface area contributed by atoms with Crippen LogP contribution in [0.25, 0.3) is 11.7 Å². The number of methoxy groups -OCH3 is 1. The molecule has 140 valence electrons. The van der Waals surface area contributed by atoms with Crippen LogP contribution in [0.4, 0.5) is 0 Å². The van der Waals surface area contributed by atoms with Gasteiger partial charge < -0.3 is 23.0 Å². The molecule has 0 unspecified atom stereocenters. The van der Waals surface area contributed by atoms with E-state index in [1.165, 1.54) is 26.4 Å². The average molecular weight is 372 g/mol. The van der Waals surface area contributed by atoms with E-state index in [4.69, 9.17) is 23.0 Å². The second-order valence-electron chi connectivity index (χ2n) is 5.35. The lowest BCUT2D eigenvalue weighted by atomic mass is 10.1. The molecule has 0 amide bonds. The first-order chi connectivity index (χ1) is 13.1. The van der Waals surface area contributed by atoms with Gasteiger partial charge in [-0.2, -0.15) is 0 Å². The zero-order valence-electron chi connectivity index (χ0n) is 14.6. The van der Waals surface area contributed by atoms with Gasteiger partial charge in [0.15, 0.2) is 36.3 Å². The molecule has 0 saturated heterocycles. The molecule has 0 saturated carbocycles. The topological polar surface area (TPSA) is 114 Å². The third-order valence-corrected chi connectivity index (χ3v) is 3.47. The van der Waals surface area contributed by atoms with Crippen molar-refractivity contribution in [2.24, 2.45) is 0 Å². The van der Waals surface area contributed by atoms with E-state index in [0.29, 0.717) is 22.8 Å². The molecule has 2 heterocycles. The average Bonchev–Trinajstić information content (AvgIpc) is 3.35. The smallest absolute Gasteiger partial charge is 0.344 e. The number of carbonyl (C=O) groups excluding carboxylic acids is 2. The fourth-order valence-electron chi connectivity index (χ4n) is 2.14. The monoisotopic (exact) mass is 372 g/mol. The van der Waals surface area contributed by atoms with E-state index in [0.717, 1.165) is 0 Å². The van der Waals surface area contributed by atoms with E-state index < -0.39 is 5.97 Å². The first kappa shape index (κ1) is 18.2. The molecule has 3 aromatic rings. The van der Waals surface area contributed by atoms with Crippen LogP contribution < -0.4 is 9.47 Å². The fourth-order valence-corrected chi connectivity index (χ4v) is 2.14. The molecular formula is C18H16N2O7. The number of benzene rings is 1. The molecule has 0 aliphatic carbocycles.